The van der Waals surface area contributed by atoms with Crippen molar-refractivity contribution in [1.29, 1.82) is 0 Å². The Morgan fingerprint density at radius 1 is 0.647 bits per heavy atom. The van der Waals surface area contributed by atoms with Crippen molar-refractivity contribution >= 4 is 69.3 Å². The van der Waals surface area contributed by atoms with E-state index in [2.05, 4.69) is 36.6 Å². The van der Waals surface area contributed by atoms with E-state index in [0.29, 0.717) is 13.1 Å². The summed E-state index contributed by atoms with van der Waals surface area (Å²) in [5.41, 5.74) is 14.1. The molecule has 13 heteroatoms. The predicted octanol–water partition coefficient (Wildman–Crippen LogP) is 9.13. The zero-order valence-electron chi connectivity index (χ0n) is 27.4. The summed E-state index contributed by atoms with van der Waals surface area (Å²) in [6, 6.07) is 36.2. The fraction of sp³-hybridized carbons (Fsp3) is 0.105. The largest absolute Gasteiger partial charge is 0.348 e. The first-order valence-corrected chi connectivity index (χ1v) is 19.7. The molecule has 0 radical (unpaired) electrons. The fourth-order valence-electron chi connectivity index (χ4n) is 4.08. The van der Waals surface area contributed by atoms with Crippen molar-refractivity contribution < 1.29 is 9.59 Å². The average Bonchev–Trinajstić information content (AvgIpc) is 3.92. The summed E-state index contributed by atoms with van der Waals surface area (Å²) in [6.07, 6.45) is 2.93. The van der Waals surface area contributed by atoms with Crippen LogP contribution in [0.4, 0.5) is 0 Å². The highest BCUT2D eigenvalue weighted by molar-refractivity contribution is 8.01. The number of carbonyl (C=O) groups excluding carboxylic acids is 2. The van der Waals surface area contributed by atoms with Crippen molar-refractivity contribution in [2.75, 3.05) is 0 Å². The fourth-order valence-corrected chi connectivity index (χ4v) is 6.55. The maximum atomic E-state index is 11.9. The van der Waals surface area contributed by atoms with Gasteiger partial charge in [-0.15, -0.1) is 33.7 Å². The Morgan fingerprint density at radius 2 is 1.12 bits per heavy atom. The van der Waals surface area contributed by atoms with E-state index in [4.69, 9.17) is 17.3 Å². The Morgan fingerprint density at radius 3 is 1.55 bits per heavy atom. The second kappa shape index (κ2) is 23.1. The van der Waals surface area contributed by atoms with Gasteiger partial charge in [0.2, 0.25) is 11.1 Å². The van der Waals surface area contributed by atoms with Gasteiger partial charge in [-0.2, -0.15) is 0 Å². The molecule has 0 atom stereocenters. The first-order chi connectivity index (χ1) is 25.0. The minimum absolute atomic E-state index is 0.0895. The molecule has 2 aromatic heterocycles. The number of thioether (sulfide) groups is 2. The van der Waals surface area contributed by atoms with Gasteiger partial charge in [0.15, 0.2) is 0 Å². The number of rotatable bonds is 13. The molecule has 1 amide bonds. The van der Waals surface area contributed by atoms with Gasteiger partial charge in [-0.3, -0.25) is 9.59 Å². The number of carbonyl (C=O) groups is 2. The molecule has 3 N–H and O–H groups in total. The van der Waals surface area contributed by atoms with E-state index >= 15 is 0 Å². The molecule has 0 bridgehead atoms. The Balaban J connectivity index is 0.000000189. The molecule has 0 aliphatic heterocycles. The summed E-state index contributed by atoms with van der Waals surface area (Å²) >= 11 is 11.0. The molecular weight excluding hydrogens is 736 g/mol. The third-order valence-electron chi connectivity index (χ3n) is 6.72. The summed E-state index contributed by atoms with van der Waals surface area (Å²) in [5.74, 6) is 1.63. The topological polar surface area (TPSA) is 124 Å². The zero-order chi connectivity index (χ0) is 35.9. The maximum Gasteiger partial charge on any atom is 0.245 e. The van der Waals surface area contributed by atoms with Gasteiger partial charge >= 0.3 is 0 Å². The number of aromatic nitrogens is 4. The van der Waals surface area contributed by atoms with Crippen LogP contribution in [0.25, 0.3) is 22.5 Å². The lowest BCUT2D eigenvalue weighted by Crippen LogP contribution is -2.20. The third-order valence-corrected chi connectivity index (χ3v) is 9.51. The summed E-state index contributed by atoms with van der Waals surface area (Å²) in [7, 11) is 0. The van der Waals surface area contributed by atoms with Crippen LogP contribution in [0.2, 0.25) is 0 Å². The molecule has 2 heterocycles. The van der Waals surface area contributed by atoms with Gasteiger partial charge in [0, 0.05) is 58.6 Å². The predicted molar refractivity (Wildman–Crippen MR) is 215 cm³/mol. The van der Waals surface area contributed by atoms with Crippen LogP contribution >= 0.6 is 58.2 Å². The lowest BCUT2D eigenvalue weighted by Gasteiger charge is -2.03. The SMILES string of the molecule is NCc1ccc(-c2csnn2)cc1.O=C(/C=C\SCc1ccccc1)NCc1ccc(-c2csnn2)cc1.O=C(Cl)/C=C\SCc1ccccc1. The molecule has 4 aromatic carbocycles. The van der Waals surface area contributed by atoms with Gasteiger partial charge in [-0.25, -0.2) is 0 Å². The van der Waals surface area contributed by atoms with Crippen LogP contribution in [0.1, 0.15) is 22.3 Å². The van der Waals surface area contributed by atoms with Gasteiger partial charge in [-0.1, -0.05) is 118 Å². The molecule has 0 aliphatic rings. The van der Waals surface area contributed by atoms with Crippen LogP contribution in [-0.4, -0.2) is 30.3 Å². The van der Waals surface area contributed by atoms with E-state index in [1.54, 1.807) is 35.0 Å². The molecule has 51 heavy (non-hydrogen) atoms. The number of benzene rings is 4. The van der Waals surface area contributed by atoms with Crippen molar-refractivity contribution in [3.63, 3.8) is 0 Å². The minimum atomic E-state index is -0.430. The van der Waals surface area contributed by atoms with Crippen molar-refractivity contribution in [3.05, 3.63) is 165 Å². The minimum Gasteiger partial charge on any atom is -0.348 e. The standard InChI is InChI=1S/C19H17N3OS2.C10H9ClOS.C9H9N3S/c23-19(10-11-24-13-16-4-2-1-3-5-16)20-12-15-6-8-17(9-7-15)18-14-25-22-21-18;11-10(12)6-7-13-8-9-4-2-1-3-5-9;10-5-7-1-3-8(4-2-7)9-6-13-12-11-9/h1-11,14H,12-13H2,(H,20,23);1-7H,8H2;1-4,6H,5,10H2/b11-10-;7-6-;. The van der Waals surface area contributed by atoms with Gasteiger partial charge in [0.1, 0.15) is 11.4 Å². The highest BCUT2D eigenvalue weighted by Crippen LogP contribution is 2.19. The van der Waals surface area contributed by atoms with Crippen molar-refractivity contribution in [2.45, 2.75) is 24.6 Å². The summed E-state index contributed by atoms with van der Waals surface area (Å²) in [5, 5.41) is 17.9. The smallest absolute Gasteiger partial charge is 0.245 e. The highest BCUT2D eigenvalue weighted by Gasteiger charge is 2.02. The van der Waals surface area contributed by atoms with Crippen LogP contribution in [0.3, 0.4) is 0 Å². The first kappa shape index (κ1) is 39.4. The molecule has 6 rings (SSSR count). The number of amides is 1. The van der Waals surface area contributed by atoms with Crippen LogP contribution in [0, 0.1) is 0 Å². The van der Waals surface area contributed by atoms with Crippen LogP contribution in [0.15, 0.2) is 143 Å². The van der Waals surface area contributed by atoms with E-state index in [1.165, 1.54) is 40.3 Å². The zero-order valence-corrected chi connectivity index (χ0v) is 31.4. The normalized spacial score (nSPS) is 10.6. The summed E-state index contributed by atoms with van der Waals surface area (Å²) in [4.78, 5) is 22.2. The van der Waals surface area contributed by atoms with Gasteiger partial charge < -0.3 is 11.1 Å². The van der Waals surface area contributed by atoms with Crippen molar-refractivity contribution in [2.24, 2.45) is 5.73 Å². The molecular formula is C38H35ClN6O2S4. The molecule has 6 aromatic rings. The number of nitrogens with zero attached hydrogens (tertiary/aromatic N) is 4. The highest BCUT2D eigenvalue weighted by atomic mass is 35.5. The Hall–Kier alpha value is -4.43. The lowest BCUT2D eigenvalue weighted by atomic mass is 10.1. The number of hydrogen-bond donors (Lipinski definition) is 2. The molecule has 0 fully saturated rings. The van der Waals surface area contributed by atoms with Crippen molar-refractivity contribution in [1.82, 2.24) is 24.5 Å². The second-order valence-corrected chi connectivity index (χ2v) is 13.8. The van der Waals surface area contributed by atoms with Crippen LogP contribution < -0.4 is 11.1 Å². The summed E-state index contributed by atoms with van der Waals surface area (Å²) in [6.45, 7) is 1.08. The van der Waals surface area contributed by atoms with E-state index in [-0.39, 0.29) is 5.91 Å². The molecule has 0 spiro atoms. The van der Waals surface area contributed by atoms with Gasteiger partial charge in [-0.05, 0) is 67.7 Å². The third kappa shape index (κ3) is 15.6. The molecule has 0 saturated heterocycles. The average molecular weight is 771 g/mol. The van der Waals surface area contributed by atoms with E-state index in [0.717, 1.165) is 45.1 Å². The van der Waals surface area contributed by atoms with Gasteiger partial charge in [0.25, 0.3) is 0 Å². The monoisotopic (exact) mass is 770 g/mol. The lowest BCUT2D eigenvalue weighted by molar-refractivity contribution is -0.116. The molecule has 0 unspecified atom stereocenters. The number of nitrogens with two attached hydrogens (primary N) is 1. The molecule has 260 valence electrons. The van der Waals surface area contributed by atoms with Crippen LogP contribution in [0.5, 0.6) is 0 Å². The molecule has 8 nitrogen and oxygen atoms in total. The molecule has 0 saturated carbocycles. The number of halogens is 1. The second-order valence-electron chi connectivity index (χ2n) is 10.4. The number of allylic oxidation sites excluding steroid dienone is 1. The Labute approximate surface area is 319 Å². The van der Waals surface area contributed by atoms with E-state index in [9.17, 15) is 9.59 Å². The molecule has 0 aliphatic carbocycles. The van der Waals surface area contributed by atoms with Crippen LogP contribution in [-0.2, 0) is 34.2 Å². The number of hydrogen-bond acceptors (Lipinski definition) is 11. The van der Waals surface area contributed by atoms with Crippen molar-refractivity contribution in [3.8, 4) is 22.5 Å². The first-order valence-electron chi connectivity index (χ1n) is 15.5. The van der Waals surface area contributed by atoms with Gasteiger partial charge in [0.05, 0.1) is 0 Å². The maximum absolute atomic E-state index is 11.9. The van der Waals surface area contributed by atoms with E-state index in [1.807, 2.05) is 113 Å². The Kier molecular flexibility index (Phi) is 17.8. The quantitative estimate of drug-likeness (QED) is 0.0874. The Bertz CT molecular complexity index is 1910. The summed E-state index contributed by atoms with van der Waals surface area (Å²) < 4.78 is 7.67. The number of nitrogens with one attached hydrogen (secondary N) is 1. The van der Waals surface area contributed by atoms with E-state index < -0.39 is 5.24 Å².